The summed E-state index contributed by atoms with van der Waals surface area (Å²) in [5, 5.41) is 9.97. The Hall–Kier alpha value is -2.96. The number of likely N-dealkylation sites (tertiary alicyclic amines) is 1. The summed E-state index contributed by atoms with van der Waals surface area (Å²) >= 11 is 0. The summed E-state index contributed by atoms with van der Waals surface area (Å²) in [6.07, 6.45) is 10.1. The Bertz CT molecular complexity index is 1180. The minimum Gasteiger partial charge on any atom is -0.508 e. The molecule has 0 bridgehead atoms. The minimum atomic E-state index is 0.196. The van der Waals surface area contributed by atoms with E-state index in [9.17, 15) is 5.11 Å². The molecule has 40 heavy (non-hydrogen) atoms. The van der Waals surface area contributed by atoms with Gasteiger partial charge in [0.15, 0.2) is 11.5 Å². The van der Waals surface area contributed by atoms with Gasteiger partial charge in [0.2, 0.25) is 0 Å². The SMILES string of the molecule is CCN1CCC(Oc2ccc(CN(CC)C3C=C(OC)C(OC)=CC3[C@@H]3CCc4cc(O)ccc4C3)cc2)CC1. The molecule has 0 amide bonds. The van der Waals surface area contributed by atoms with Crippen LogP contribution >= 0.6 is 0 Å². The zero-order valence-corrected chi connectivity index (χ0v) is 24.6. The molecule has 0 aromatic heterocycles. The number of benzene rings is 2. The van der Waals surface area contributed by atoms with Crippen LogP contribution in [0.25, 0.3) is 0 Å². The number of hydrogen-bond acceptors (Lipinski definition) is 6. The van der Waals surface area contributed by atoms with Gasteiger partial charge in [-0.25, -0.2) is 0 Å². The van der Waals surface area contributed by atoms with E-state index in [0.29, 0.717) is 23.7 Å². The Kier molecular flexibility index (Phi) is 9.38. The predicted octanol–water partition coefficient (Wildman–Crippen LogP) is 5.94. The van der Waals surface area contributed by atoms with E-state index < -0.39 is 0 Å². The highest BCUT2D eigenvalue weighted by Gasteiger charge is 2.37. The van der Waals surface area contributed by atoms with Crippen LogP contribution in [-0.2, 0) is 28.9 Å². The molecule has 3 atom stereocenters. The lowest BCUT2D eigenvalue weighted by Gasteiger charge is -2.41. The monoisotopic (exact) mass is 546 g/mol. The summed E-state index contributed by atoms with van der Waals surface area (Å²) in [7, 11) is 3.45. The number of aryl methyl sites for hydroxylation is 1. The quantitative estimate of drug-likeness (QED) is 0.398. The van der Waals surface area contributed by atoms with Gasteiger partial charge in [-0.1, -0.05) is 32.0 Å². The zero-order valence-electron chi connectivity index (χ0n) is 24.6. The van der Waals surface area contributed by atoms with Crippen LogP contribution in [-0.4, -0.2) is 67.5 Å². The lowest BCUT2D eigenvalue weighted by molar-refractivity contribution is 0.104. The standard InChI is InChI=1S/C34H46N2O4/c1-5-35-17-15-30(16-18-35)40-29-13-7-24(8-14-29)23-36(6-2)32-22-34(39-4)33(38-3)21-31(32)27-10-9-26-20-28(37)12-11-25(26)19-27/h7-8,11-14,20-22,27,30-32,37H,5-6,9-10,15-19,23H2,1-4H3/t27-,31?,32?/m1/s1. The van der Waals surface area contributed by atoms with E-state index in [1.165, 1.54) is 16.7 Å². The number of piperidine rings is 1. The lowest BCUT2D eigenvalue weighted by Crippen LogP contribution is -2.44. The normalized spacial score (nSPS) is 23.8. The molecule has 3 aliphatic rings. The van der Waals surface area contributed by atoms with Crippen molar-refractivity contribution in [1.29, 1.82) is 0 Å². The van der Waals surface area contributed by atoms with Gasteiger partial charge in [0, 0.05) is 31.6 Å². The van der Waals surface area contributed by atoms with Crippen LogP contribution in [0.4, 0.5) is 0 Å². The third-order valence-corrected chi connectivity index (χ3v) is 9.17. The van der Waals surface area contributed by atoms with Gasteiger partial charge < -0.3 is 24.2 Å². The number of aromatic hydroxyl groups is 1. The van der Waals surface area contributed by atoms with Crippen LogP contribution in [0.5, 0.6) is 11.5 Å². The van der Waals surface area contributed by atoms with Crippen molar-refractivity contribution in [2.24, 2.45) is 11.8 Å². The van der Waals surface area contributed by atoms with Crippen LogP contribution in [0, 0.1) is 11.8 Å². The molecule has 2 aromatic rings. The van der Waals surface area contributed by atoms with Crippen LogP contribution in [0.15, 0.2) is 66.1 Å². The van der Waals surface area contributed by atoms with Crippen LogP contribution in [0.2, 0.25) is 0 Å². The first-order chi connectivity index (χ1) is 19.5. The van der Waals surface area contributed by atoms with Gasteiger partial charge >= 0.3 is 0 Å². The number of likely N-dealkylation sites (N-methyl/N-ethyl adjacent to an activating group) is 1. The van der Waals surface area contributed by atoms with Crippen LogP contribution < -0.4 is 4.74 Å². The second-order valence-corrected chi connectivity index (χ2v) is 11.5. The highest BCUT2D eigenvalue weighted by Crippen LogP contribution is 2.39. The number of ether oxygens (including phenoxy) is 3. The molecule has 2 unspecified atom stereocenters. The Morgan fingerprint density at radius 3 is 2.30 bits per heavy atom. The molecule has 6 nitrogen and oxygen atoms in total. The Morgan fingerprint density at radius 1 is 0.900 bits per heavy atom. The topological polar surface area (TPSA) is 54.4 Å². The molecule has 6 heteroatoms. The maximum Gasteiger partial charge on any atom is 0.158 e. The number of nitrogens with zero attached hydrogens (tertiary/aromatic N) is 2. The minimum absolute atomic E-state index is 0.196. The smallest absolute Gasteiger partial charge is 0.158 e. The third-order valence-electron chi connectivity index (χ3n) is 9.17. The molecular formula is C34H46N2O4. The molecule has 1 fully saturated rings. The van der Waals surface area contributed by atoms with Crippen molar-refractivity contribution in [3.05, 3.63) is 82.8 Å². The Morgan fingerprint density at radius 2 is 1.62 bits per heavy atom. The summed E-state index contributed by atoms with van der Waals surface area (Å²) in [5.41, 5.74) is 3.91. The number of hydrogen-bond donors (Lipinski definition) is 1. The van der Waals surface area contributed by atoms with E-state index in [2.05, 4.69) is 66.1 Å². The maximum absolute atomic E-state index is 9.97. The number of methoxy groups -OCH3 is 2. The summed E-state index contributed by atoms with van der Waals surface area (Å²) in [4.78, 5) is 5.04. The zero-order chi connectivity index (χ0) is 28.1. The van der Waals surface area contributed by atoms with E-state index in [4.69, 9.17) is 14.2 Å². The van der Waals surface area contributed by atoms with Gasteiger partial charge in [-0.15, -0.1) is 0 Å². The van der Waals surface area contributed by atoms with E-state index in [0.717, 1.165) is 82.1 Å². The highest BCUT2D eigenvalue weighted by atomic mass is 16.5. The molecule has 1 saturated heterocycles. The number of phenols is 1. The number of rotatable bonds is 10. The molecule has 1 N–H and O–H groups in total. The van der Waals surface area contributed by atoms with Gasteiger partial charge in [-0.05, 0) is 104 Å². The average molecular weight is 547 g/mol. The highest BCUT2D eigenvalue weighted by molar-refractivity contribution is 5.38. The van der Waals surface area contributed by atoms with Gasteiger partial charge in [-0.2, -0.15) is 0 Å². The fourth-order valence-corrected chi connectivity index (χ4v) is 6.77. The van der Waals surface area contributed by atoms with E-state index in [-0.39, 0.29) is 6.04 Å². The van der Waals surface area contributed by atoms with Crippen molar-refractivity contribution in [2.75, 3.05) is 40.4 Å². The van der Waals surface area contributed by atoms with E-state index >= 15 is 0 Å². The number of phenolic OH excluding ortho intramolecular Hbond substituents is 1. The third kappa shape index (κ3) is 6.50. The average Bonchev–Trinajstić information content (AvgIpc) is 3.00. The summed E-state index contributed by atoms with van der Waals surface area (Å²) in [6, 6.07) is 14.8. The first kappa shape index (κ1) is 28.6. The molecule has 2 aliphatic carbocycles. The summed E-state index contributed by atoms with van der Waals surface area (Å²) in [5.74, 6) is 3.73. The van der Waals surface area contributed by atoms with Crippen molar-refractivity contribution in [2.45, 2.75) is 64.6 Å². The van der Waals surface area contributed by atoms with Crippen molar-refractivity contribution < 1.29 is 19.3 Å². The maximum atomic E-state index is 9.97. The fraction of sp³-hybridized carbons (Fsp3) is 0.529. The fourth-order valence-electron chi connectivity index (χ4n) is 6.77. The van der Waals surface area contributed by atoms with Gasteiger partial charge in [0.25, 0.3) is 0 Å². The molecule has 0 radical (unpaired) electrons. The first-order valence-corrected chi connectivity index (χ1v) is 15.1. The van der Waals surface area contributed by atoms with E-state index in [1.54, 1.807) is 14.2 Å². The van der Waals surface area contributed by atoms with Crippen molar-refractivity contribution in [3.63, 3.8) is 0 Å². The summed E-state index contributed by atoms with van der Waals surface area (Å²) in [6.45, 7) is 9.63. The van der Waals surface area contributed by atoms with Gasteiger partial charge in [0.1, 0.15) is 17.6 Å². The molecule has 2 aromatic carbocycles. The molecule has 1 heterocycles. The van der Waals surface area contributed by atoms with E-state index in [1.807, 2.05) is 12.1 Å². The Labute approximate surface area is 240 Å². The largest absolute Gasteiger partial charge is 0.508 e. The second-order valence-electron chi connectivity index (χ2n) is 11.5. The Balaban J connectivity index is 1.30. The number of fused-ring (bicyclic) bond motifs is 1. The second kappa shape index (κ2) is 13.1. The molecule has 216 valence electrons. The molecule has 1 aliphatic heterocycles. The predicted molar refractivity (Wildman–Crippen MR) is 159 cm³/mol. The van der Waals surface area contributed by atoms with Crippen molar-refractivity contribution >= 4 is 0 Å². The van der Waals surface area contributed by atoms with Crippen molar-refractivity contribution in [3.8, 4) is 11.5 Å². The molecule has 5 rings (SSSR count). The van der Waals surface area contributed by atoms with Crippen molar-refractivity contribution in [1.82, 2.24) is 9.80 Å². The van der Waals surface area contributed by atoms with Gasteiger partial charge in [-0.3, -0.25) is 4.90 Å². The molecule has 0 spiro atoms. The van der Waals surface area contributed by atoms with Crippen LogP contribution in [0.1, 0.15) is 49.8 Å². The van der Waals surface area contributed by atoms with Crippen LogP contribution in [0.3, 0.4) is 0 Å². The van der Waals surface area contributed by atoms with Gasteiger partial charge in [0.05, 0.1) is 14.2 Å². The first-order valence-electron chi connectivity index (χ1n) is 15.1. The molecular weight excluding hydrogens is 500 g/mol. The summed E-state index contributed by atoms with van der Waals surface area (Å²) < 4.78 is 17.9. The molecule has 0 saturated carbocycles. The lowest BCUT2D eigenvalue weighted by atomic mass is 9.72.